The lowest BCUT2D eigenvalue weighted by Gasteiger charge is -2.15. The van der Waals surface area contributed by atoms with Gasteiger partial charge in [0.25, 0.3) is 0 Å². The van der Waals surface area contributed by atoms with Crippen LogP contribution in [0, 0.1) is 0 Å². The molecule has 1 aromatic carbocycles. The zero-order valence-corrected chi connectivity index (χ0v) is 10.8. The van der Waals surface area contributed by atoms with Gasteiger partial charge < -0.3 is 9.73 Å². The van der Waals surface area contributed by atoms with Gasteiger partial charge in [-0.25, -0.2) is 0 Å². The second-order valence-corrected chi connectivity index (χ2v) is 4.92. The summed E-state index contributed by atoms with van der Waals surface area (Å²) in [5.41, 5.74) is 5.10. The Hall–Kier alpha value is -1.54. The van der Waals surface area contributed by atoms with Crippen molar-refractivity contribution in [2.45, 2.75) is 26.2 Å². The van der Waals surface area contributed by atoms with Crippen molar-refractivity contribution < 1.29 is 4.42 Å². The highest BCUT2D eigenvalue weighted by Gasteiger charge is 2.07. The van der Waals surface area contributed by atoms with Gasteiger partial charge in [-0.05, 0) is 49.5 Å². The van der Waals surface area contributed by atoms with Gasteiger partial charge in [-0.3, -0.25) is 0 Å². The van der Waals surface area contributed by atoms with Crippen LogP contribution < -0.4 is 5.32 Å². The van der Waals surface area contributed by atoms with Crippen molar-refractivity contribution in [3.05, 3.63) is 41.2 Å². The Morgan fingerprint density at radius 1 is 1.28 bits per heavy atom. The van der Waals surface area contributed by atoms with Crippen LogP contribution in [0.3, 0.4) is 0 Å². The molecule has 1 aliphatic heterocycles. The van der Waals surface area contributed by atoms with E-state index in [9.17, 15) is 0 Å². The maximum atomic E-state index is 5.63. The Labute approximate surface area is 108 Å². The van der Waals surface area contributed by atoms with Gasteiger partial charge in [0.15, 0.2) is 0 Å². The van der Waals surface area contributed by atoms with E-state index in [2.05, 4.69) is 36.5 Å². The molecule has 94 valence electrons. The fraction of sp³-hybridized carbons (Fsp3) is 0.375. The standard InChI is InChI=1S/C16H19NO/c1-2-14-11-18-16-10-13(3-4-15(14)16)9-12-5-7-17-8-6-12/h3-4,9-11,17H,2,5-8H2,1H3. The predicted molar refractivity (Wildman–Crippen MR) is 75.7 cm³/mol. The highest BCUT2D eigenvalue weighted by Crippen LogP contribution is 2.24. The molecule has 0 amide bonds. The normalized spacial score (nSPS) is 16.2. The summed E-state index contributed by atoms with van der Waals surface area (Å²) in [6, 6.07) is 6.54. The maximum Gasteiger partial charge on any atom is 0.134 e. The molecule has 1 aromatic heterocycles. The maximum absolute atomic E-state index is 5.63. The summed E-state index contributed by atoms with van der Waals surface area (Å²) >= 11 is 0. The van der Waals surface area contributed by atoms with Crippen LogP contribution in [0.4, 0.5) is 0 Å². The monoisotopic (exact) mass is 241 g/mol. The number of piperidine rings is 1. The van der Waals surface area contributed by atoms with Crippen molar-refractivity contribution in [1.29, 1.82) is 0 Å². The first-order chi connectivity index (χ1) is 8.86. The van der Waals surface area contributed by atoms with Crippen molar-refractivity contribution in [3.63, 3.8) is 0 Å². The zero-order valence-electron chi connectivity index (χ0n) is 10.8. The van der Waals surface area contributed by atoms with Crippen molar-refractivity contribution in [2.75, 3.05) is 13.1 Å². The molecule has 18 heavy (non-hydrogen) atoms. The van der Waals surface area contributed by atoms with Crippen LogP contribution in [0.25, 0.3) is 17.0 Å². The molecule has 0 atom stereocenters. The van der Waals surface area contributed by atoms with Crippen LogP contribution >= 0.6 is 0 Å². The van der Waals surface area contributed by atoms with Crippen LogP contribution in [-0.2, 0) is 6.42 Å². The van der Waals surface area contributed by atoms with Crippen molar-refractivity contribution in [1.82, 2.24) is 5.32 Å². The van der Waals surface area contributed by atoms with E-state index >= 15 is 0 Å². The minimum Gasteiger partial charge on any atom is -0.464 e. The molecule has 0 aliphatic carbocycles. The van der Waals surface area contributed by atoms with E-state index in [1.165, 1.54) is 22.1 Å². The molecule has 0 unspecified atom stereocenters. The van der Waals surface area contributed by atoms with Crippen molar-refractivity contribution in [2.24, 2.45) is 0 Å². The van der Waals surface area contributed by atoms with E-state index in [1.807, 2.05) is 6.26 Å². The molecule has 2 heteroatoms. The summed E-state index contributed by atoms with van der Waals surface area (Å²) < 4.78 is 5.63. The van der Waals surface area contributed by atoms with Gasteiger partial charge in [0.05, 0.1) is 6.26 Å². The van der Waals surface area contributed by atoms with Crippen LogP contribution in [0.1, 0.15) is 30.9 Å². The minimum absolute atomic E-state index is 1.01. The largest absolute Gasteiger partial charge is 0.464 e. The number of furan rings is 1. The number of nitrogens with one attached hydrogen (secondary N) is 1. The van der Waals surface area contributed by atoms with Crippen LogP contribution in [0.2, 0.25) is 0 Å². The highest BCUT2D eigenvalue weighted by molar-refractivity contribution is 5.83. The molecular formula is C16H19NO. The fourth-order valence-electron chi connectivity index (χ4n) is 2.59. The third-order valence-corrected chi connectivity index (χ3v) is 3.68. The third kappa shape index (κ3) is 2.21. The first-order valence-electron chi connectivity index (χ1n) is 6.77. The lowest BCUT2D eigenvalue weighted by Crippen LogP contribution is -2.22. The van der Waals surface area contributed by atoms with E-state index in [1.54, 1.807) is 0 Å². The summed E-state index contributed by atoms with van der Waals surface area (Å²) in [5.74, 6) is 0. The number of benzene rings is 1. The predicted octanol–water partition coefficient (Wildman–Crippen LogP) is 3.76. The number of hydrogen-bond donors (Lipinski definition) is 1. The summed E-state index contributed by atoms with van der Waals surface area (Å²) in [4.78, 5) is 0. The van der Waals surface area contributed by atoms with E-state index in [4.69, 9.17) is 4.42 Å². The van der Waals surface area contributed by atoms with Crippen molar-refractivity contribution >= 4 is 17.0 Å². The Balaban J connectivity index is 1.93. The number of aryl methyl sites for hydroxylation is 1. The molecular weight excluding hydrogens is 222 g/mol. The van der Waals surface area contributed by atoms with E-state index in [-0.39, 0.29) is 0 Å². The smallest absolute Gasteiger partial charge is 0.134 e. The number of rotatable bonds is 2. The van der Waals surface area contributed by atoms with Crippen LogP contribution in [-0.4, -0.2) is 13.1 Å². The average Bonchev–Trinajstić information content (AvgIpc) is 2.82. The van der Waals surface area contributed by atoms with E-state index in [0.29, 0.717) is 0 Å². The minimum atomic E-state index is 1.01. The summed E-state index contributed by atoms with van der Waals surface area (Å²) in [7, 11) is 0. The molecule has 0 spiro atoms. The molecule has 1 saturated heterocycles. The third-order valence-electron chi connectivity index (χ3n) is 3.68. The molecule has 0 radical (unpaired) electrons. The lowest BCUT2D eigenvalue weighted by atomic mass is 10.0. The SMILES string of the molecule is CCc1coc2cc(C=C3CCNCC3)ccc12. The second kappa shape index (κ2) is 4.99. The molecule has 0 bridgehead atoms. The molecule has 0 saturated carbocycles. The average molecular weight is 241 g/mol. The molecule has 2 aromatic rings. The van der Waals surface area contributed by atoms with Gasteiger partial charge in [0, 0.05) is 5.39 Å². The quantitative estimate of drug-likeness (QED) is 0.866. The Bertz CT molecular complexity index is 572. The second-order valence-electron chi connectivity index (χ2n) is 4.92. The molecule has 1 fully saturated rings. The molecule has 1 N–H and O–H groups in total. The first kappa shape index (κ1) is 11.5. The van der Waals surface area contributed by atoms with E-state index in [0.717, 1.165) is 37.9 Å². The van der Waals surface area contributed by atoms with Crippen molar-refractivity contribution in [3.8, 4) is 0 Å². The highest BCUT2D eigenvalue weighted by atomic mass is 16.3. The van der Waals surface area contributed by atoms with Crippen LogP contribution in [0.15, 0.2) is 34.5 Å². The number of fused-ring (bicyclic) bond motifs is 1. The summed E-state index contributed by atoms with van der Waals surface area (Å²) in [6.45, 7) is 4.37. The first-order valence-corrected chi connectivity index (χ1v) is 6.77. The van der Waals surface area contributed by atoms with Gasteiger partial charge in [-0.1, -0.05) is 30.7 Å². The van der Waals surface area contributed by atoms with Gasteiger partial charge in [0.2, 0.25) is 0 Å². The fourth-order valence-corrected chi connectivity index (χ4v) is 2.59. The van der Waals surface area contributed by atoms with E-state index < -0.39 is 0 Å². The van der Waals surface area contributed by atoms with Gasteiger partial charge in [-0.15, -0.1) is 0 Å². The topological polar surface area (TPSA) is 25.2 Å². The van der Waals surface area contributed by atoms with Gasteiger partial charge in [0.1, 0.15) is 5.58 Å². The molecule has 1 aliphatic rings. The molecule has 3 rings (SSSR count). The zero-order chi connectivity index (χ0) is 12.4. The molecule has 2 nitrogen and oxygen atoms in total. The Morgan fingerprint density at radius 2 is 2.11 bits per heavy atom. The Kier molecular flexibility index (Phi) is 3.20. The lowest BCUT2D eigenvalue weighted by molar-refractivity contribution is 0.610. The summed E-state index contributed by atoms with van der Waals surface area (Å²) in [6.07, 6.45) is 7.55. The summed E-state index contributed by atoms with van der Waals surface area (Å²) in [5, 5.41) is 4.64. The Morgan fingerprint density at radius 3 is 2.89 bits per heavy atom. The van der Waals surface area contributed by atoms with Crippen LogP contribution in [0.5, 0.6) is 0 Å². The van der Waals surface area contributed by atoms with Gasteiger partial charge >= 0.3 is 0 Å². The van der Waals surface area contributed by atoms with Gasteiger partial charge in [-0.2, -0.15) is 0 Å². The number of hydrogen-bond acceptors (Lipinski definition) is 2. The molecule has 2 heterocycles.